The Morgan fingerprint density at radius 3 is 2.43 bits per heavy atom. The normalized spacial score (nSPS) is 21.6. The van der Waals surface area contributed by atoms with Crippen molar-refractivity contribution in [3.05, 3.63) is 27.8 Å². The second-order valence-electron chi connectivity index (χ2n) is 5.72. The molecule has 0 radical (unpaired) electrons. The number of benzene rings is 1. The van der Waals surface area contributed by atoms with Gasteiger partial charge in [0.25, 0.3) is 0 Å². The van der Waals surface area contributed by atoms with Crippen LogP contribution in [0.15, 0.2) is 24.3 Å². The minimum Gasteiger partial charge on any atom is -0.481 e. The minimum atomic E-state index is -0.830. The molecule has 0 aliphatic carbocycles. The van der Waals surface area contributed by atoms with E-state index in [1.54, 1.807) is 4.90 Å². The first kappa shape index (κ1) is 16.1. The van der Waals surface area contributed by atoms with Gasteiger partial charge in [0.15, 0.2) is 0 Å². The SMILES string of the molecule is CC(C)C1(C(=O)O)CCN(C(=O)Nc2ccc(I)cc2)C1. The molecule has 1 unspecified atom stereocenters. The fraction of sp³-hybridized carbons (Fsp3) is 0.467. The molecule has 1 heterocycles. The minimum absolute atomic E-state index is 0.00824. The summed E-state index contributed by atoms with van der Waals surface area (Å²) in [5.74, 6) is -0.826. The van der Waals surface area contributed by atoms with Crippen LogP contribution in [0.4, 0.5) is 10.5 Å². The highest BCUT2D eigenvalue weighted by molar-refractivity contribution is 14.1. The highest BCUT2D eigenvalue weighted by atomic mass is 127. The van der Waals surface area contributed by atoms with Gasteiger partial charge < -0.3 is 15.3 Å². The molecule has 114 valence electrons. The monoisotopic (exact) mass is 402 g/mol. The lowest BCUT2D eigenvalue weighted by atomic mass is 9.76. The van der Waals surface area contributed by atoms with Crippen molar-refractivity contribution in [3.8, 4) is 0 Å². The van der Waals surface area contributed by atoms with Gasteiger partial charge in [0.1, 0.15) is 0 Å². The highest BCUT2D eigenvalue weighted by Crippen LogP contribution is 2.38. The molecule has 2 N–H and O–H groups in total. The van der Waals surface area contributed by atoms with Crippen molar-refractivity contribution < 1.29 is 14.7 Å². The number of anilines is 1. The van der Waals surface area contributed by atoms with E-state index in [1.807, 2.05) is 38.1 Å². The number of nitrogens with zero attached hydrogens (tertiary/aromatic N) is 1. The van der Waals surface area contributed by atoms with Gasteiger partial charge >= 0.3 is 12.0 Å². The number of urea groups is 1. The van der Waals surface area contributed by atoms with E-state index < -0.39 is 11.4 Å². The second kappa shape index (κ2) is 6.21. The smallest absolute Gasteiger partial charge is 0.321 e. The summed E-state index contributed by atoms with van der Waals surface area (Å²) in [4.78, 5) is 25.4. The van der Waals surface area contributed by atoms with E-state index in [0.29, 0.717) is 13.0 Å². The van der Waals surface area contributed by atoms with Crippen LogP contribution in [0.5, 0.6) is 0 Å². The number of carbonyl (C=O) groups is 2. The van der Waals surface area contributed by atoms with Crippen molar-refractivity contribution >= 4 is 40.3 Å². The van der Waals surface area contributed by atoms with E-state index in [9.17, 15) is 14.7 Å². The average Bonchev–Trinajstić information content (AvgIpc) is 2.88. The number of rotatable bonds is 3. The van der Waals surface area contributed by atoms with Gasteiger partial charge in [-0.3, -0.25) is 4.79 Å². The first-order valence-corrected chi connectivity index (χ1v) is 7.98. The van der Waals surface area contributed by atoms with E-state index in [0.717, 1.165) is 9.26 Å². The van der Waals surface area contributed by atoms with Crippen molar-refractivity contribution in [1.82, 2.24) is 4.90 Å². The molecule has 0 spiro atoms. The van der Waals surface area contributed by atoms with Gasteiger partial charge in [-0.25, -0.2) is 4.79 Å². The number of carboxylic acids is 1. The molecule has 1 aliphatic rings. The maximum atomic E-state index is 12.3. The van der Waals surface area contributed by atoms with E-state index in [-0.39, 0.29) is 18.5 Å². The Bertz CT molecular complexity index is 544. The Kier molecular flexibility index (Phi) is 4.75. The molecular formula is C15H19IN2O3. The van der Waals surface area contributed by atoms with E-state index in [1.165, 1.54) is 0 Å². The van der Waals surface area contributed by atoms with Crippen molar-refractivity contribution in [2.24, 2.45) is 11.3 Å². The van der Waals surface area contributed by atoms with Crippen molar-refractivity contribution in [1.29, 1.82) is 0 Å². The zero-order valence-corrected chi connectivity index (χ0v) is 14.3. The molecule has 0 aromatic heterocycles. The zero-order valence-electron chi connectivity index (χ0n) is 12.1. The molecule has 6 heteroatoms. The van der Waals surface area contributed by atoms with Gasteiger partial charge in [0.2, 0.25) is 0 Å². The maximum Gasteiger partial charge on any atom is 0.321 e. The number of nitrogens with one attached hydrogen (secondary N) is 1. The topological polar surface area (TPSA) is 69.6 Å². The lowest BCUT2D eigenvalue weighted by molar-refractivity contribution is -0.150. The van der Waals surface area contributed by atoms with Crippen molar-refractivity contribution in [2.75, 3.05) is 18.4 Å². The maximum absolute atomic E-state index is 12.3. The van der Waals surface area contributed by atoms with Gasteiger partial charge in [-0.1, -0.05) is 13.8 Å². The quantitative estimate of drug-likeness (QED) is 0.763. The molecule has 1 aromatic carbocycles. The van der Waals surface area contributed by atoms with Crippen molar-refractivity contribution in [2.45, 2.75) is 20.3 Å². The third-order valence-electron chi connectivity index (χ3n) is 4.21. The van der Waals surface area contributed by atoms with Crippen LogP contribution in [0.25, 0.3) is 0 Å². The third kappa shape index (κ3) is 3.30. The Hall–Kier alpha value is -1.31. The molecule has 1 atom stereocenters. The number of hydrogen-bond donors (Lipinski definition) is 2. The summed E-state index contributed by atoms with van der Waals surface area (Å²) in [6.07, 6.45) is 0.500. The summed E-state index contributed by atoms with van der Waals surface area (Å²) in [6.45, 7) is 4.53. The van der Waals surface area contributed by atoms with E-state index in [4.69, 9.17) is 0 Å². The van der Waals surface area contributed by atoms with Crippen LogP contribution in [0, 0.1) is 14.9 Å². The first-order chi connectivity index (χ1) is 9.85. The van der Waals surface area contributed by atoms with Crippen LogP contribution in [0.1, 0.15) is 20.3 Å². The molecule has 2 rings (SSSR count). The molecule has 1 aromatic rings. The van der Waals surface area contributed by atoms with Crippen LogP contribution in [-0.4, -0.2) is 35.1 Å². The summed E-state index contributed by atoms with van der Waals surface area (Å²) in [5.41, 5.74) is -0.110. The zero-order chi connectivity index (χ0) is 15.6. The van der Waals surface area contributed by atoms with E-state index >= 15 is 0 Å². The fourth-order valence-electron chi connectivity index (χ4n) is 2.64. The number of amides is 2. The average molecular weight is 402 g/mol. The number of aliphatic carboxylic acids is 1. The molecule has 1 fully saturated rings. The van der Waals surface area contributed by atoms with Crippen LogP contribution < -0.4 is 5.32 Å². The standard InChI is InChI=1S/C15H19IN2O3/c1-10(2)15(13(19)20)7-8-18(9-15)14(21)17-12-5-3-11(16)4-6-12/h3-6,10H,7-9H2,1-2H3,(H,17,21)(H,19,20). The molecule has 21 heavy (non-hydrogen) atoms. The Morgan fingerprint density at radius 2 is 1.95 bits per heavy atom. The number of carboxylic acid groups (broad SMARTS) is 1. The van der Waals surface area contributed by atoms with Crippen molar-refractivity contribution in [3.63, 3.8) is 0 Å². The summed E-state index contributed by atoms with van der Waals surface area (Å²) in [5, 5.41) is 12.3. The fourth-order valence-corrected chi connectivity index (χ4v) is 2.99. The molecule has 5 nitrogen and oxygen atoms in total. The molecular weight excluding hydrogens is 383 g/mol. The third-order valence-corrected chi connectivity index (χ3v) is 4.93. The predicted octanol–water partition coefficient (Wildman–Crippen LogP) is 3.26. The Labute approximate surface area is 137 Å². The number of halogens is 1. The number of likely N-dealkylation sites (tertiary alicyclic amines) is 1. The number of hydrogen-bond acceptors (Lipinski definition) is 2. The lowest BCUT2D eigenvalue weighted by Gasteiger charge is -2.28. The summed E-state index contributed by atoms with van der Waals surface area (Å²) in [6, 6.07) is 7.26. The lowest BCUT2D eigenvalue weighted by Crippen LogP contribution is -2.41. The molecule has 0 bridgehead atoms. The highest BCUT2D eigenvalue weighted by Gasteiger charge is 2.48. The molecule has 0 saturated carbocycles. The van der Waals surface area contributed by atoms with Gasteiger partial charge in [0, 0.05) is 22.3 Å². The van der Waals surface area contributed by atoms with E-state index in [2.05, 4.69) is 27.9 Å². The first-order valence-electron chi connectivity index (χ1n) is 6.90. The Morgan fingerprint density at radius 1 is 1.33 bits per heavy atom. The molecule has 1 aliphatic heterocycles. The van der Waals surface area contributed by atoms with Gasteiger partial charge in [-0.15, -0.1) is 0 Å². The van der Waals surface area contributed by atoms with Gasteiger partial charge in [-0.2, -0.15) is 0 Å². The number of carbonyl (C=O) groups excluding carboxylic acids is 1. The van der Waals surface area contributed by atoms with Crippen LogP contribution in [0.3, 0.4) is 0 Å². The largest absolute Gasteiger partial charge is 0.481 e. The van der Waals surface area contributed by atoms with Crippen LogP contribution in [-0.2, 0) is 4.79 Å². The van der Waals surface area contributed by atoms with Gasteiger partial charge in [0.05, 0.1) is 5.41 Å². The molecule has 1 saturated heterocycles. The van der Waals surface area contributed by atoms with Crippen LogP contribution >= 0.6 is 22.6 Å². The Balaban J connectivity index is 2.05. The predicted molar refractivity (Wildman–Crippen MR) is 89.3 cm³/mol. The van der Waals surface area contributed by atoms with Gasteiger partial charge in [-0.05, 0) is 59.2 Å². The molecule has 2 amide bonds. The van der Waals surface area contributed by atoms with Crippen LogP contribution in [0.2, 0.25) is 0 Å². The summed E-state index contributed by atoms with van der Waals surface area (Å²) < 4.78 is 1.09. The second-order valence-corrected chi connectivity index (χ2v) is 6.97. The summed E-state index contributed by atoms with van der Waals surface area (Å²) >= 11 is 2.20. The summed E-state index contributed by atoms with van der Waals surface area (Å²) in [7, 11) is 0.